The predicted molar refractivity (Wildman–Crippen MR) is 102 cm³/mol. The first-order valence-electron chi connectivity index (χ1n) is 8.91. The van der Waals surface area contributed by atoms with Crippen LogP contribution in [-0.2, 0) is 17.9 Å². The monoisotopic (exact) mass is 351 g/mol. The second-order valence-corrected chi connectivity index (χ2v) is 5.95. The molecule has 0 saturated carbocycles. The summed E-state index contributed by atoms with van der Waals surface area (Å²) in [5.74, 6) is 6.29. The van der Waals surface area contributed by atoms with Crippen LogP contribution >= 0.6 is 0 Å². The summed E-state index contributed by atoms with van der Waals surface area (Å²) in [6.07, 6.45) is 3.23. The first kappa shape index (κ1) is 19.6. The summed E-state index contributed by atoms with van der Waals surface area (Å²) in [4.78, 5) is 11.8. The highest BCUT2D eigenvalue weighted by atomic mass is 16.5. The molecule has 2 aromatic rings. The van der Waals surface area contributed by atoms with Crippen molar-refractivity contribution < 1.29 is 14.6 Å². The lowest BCUT2D eigenvalue weighted by Gasteiger charge is -2.07. The number of rotatable bonds is 8. The number of aliphatic hydroxyl groups excluding tert-OH is 1. The molecule has 0 aliphatic carbocycles. The average molecular weight is 351 g/mol. The van der Waals surface area contributed by atoms with E-state index >= 15 is 0 Å². The van der Waals surface area contributed by atoms with Crippen LogP contribution in [-0.4, -0.2) is 17.8 Å². The SMILES string of the molecule is O=C(NCc1cccc(C#CCCCCCO)c1)OCc1ccccc1. The van der Waals surface area contributed by atoms with Gasteiger partial charge in [-0.25, -0.2) is 4.79 Å². The van der Waals surface area contributed by atoms with E-state index in [1.165, 1.54) is 0 Å². The smallest absolute Gasteiger partial charge is 0.407 e. The summed E-state index contributed by atoms with van der Waals surface area (Å²) in [7, 11) is 0. The number of benzene rings is 2. The largest absolute Gasteiger partial charge is 0.445 e. The number of nitrogens with one attached hydrogen (secondary N) is 1. The lowest BCUT2D eigenvalue weighted by atomic mass is 10.1. The molecule has 4 nitrogen and oxygen atoms in total. The number of hydrogen-bond acceptors (Lipinski definition) is 3. The van der Waals surface area contributed by atoms with Gasteiger partial charge in [-0.05, 0) is 36.1 Å². The van der Waals surface area contributed by atoms with Crippen LogP contribution in [0.1, 0.15) is 42.4 Å². The van der Waals surface area contributed by atoms with Crippen LogP contribution in [0.2, 0.25) is 0 Å². The van der Waals surface area contributed by atoms with Gasteiger partial charge < -0.3 is 15.2 Å². The van der Waals surface area contributed by atoms with Gasteiger partial charge in [0.15, 0.2) is 0 Å². The maximum absolute atomic E-state index is 11.8. The molecule has 0 heterocycles. The third kappa shape index (κ3) is 7.87. The second kappa shape index (κ2) is 11.7. The van der Waals surface area contributed by atoms with Gasteiger partial charge in [0.05, 0.1) is 0 Å². The molecular weight excluding hydrogens is 326 g/mol. The van der Waals surface area contributed by atoms with Gasteiger partial charge in [-0.3, -0.25) is 0 Å². The van der Waals surface area contributed by atoms with Gasteiger partial charge >= 0.3 is 6.09 Å². The van der Waals surface area contributed by atoms with Crippen LogP contribution in [0.3, 0.4) is 0 Å². The zero-order chi connectivity index (χ0) is 18.5. The first-order valence-corrected chi connectivity index (χ1v) is 8.91. The van der Waals surface area contributed by atoms with Crippen molar-refractivity contribution in [2.75, 3.05) is 6.61 Å². The van der Waals surface area contributed by atoms with Crippen molar-refractivity contribution in [1.82, 2.24) is 5.32 Å². The average Bonchev–Trinajstić information content (AvgIpc) is 2.68. The van der Waals surface area contributed by atoms with Crippen LogP contribution < -0.4 is 5.32 Å². The van der Waals surface area contributed by atoms with E-state index in [4.69, 9.17) is 9.84 Å². The normalized spacial score (nSPS) is 9.88. The number of carbonyl (C=O) groups excluding carboxylic acids is 1. The van der Waals surface area contributed by atoms with Crippen molar-refractivity contribution in [2.24, 2.45) is 0 Å². The molecule has 0 atom stereocenters. The quantitative estimate of drug-likeness (QED) is 0.558. The Bertz CT molecular complexity index is 732. The first-order chi connectivity index (χ1) is 12.8. The lowest BCUT2D eigenvalue weighted by molar-refractivity contribution is 0.139. The Morgan fingerprint density at radius 3 is 2.62 bits per heavy atom. The van der Waals surface area contributed by atoms with E-state index < -0.39 is 6.09 Å². The molecule has 0 aromatic heterocycles. The minimum absolute atomic E-state index is 0.246. The molecule has 0 radical (unpaired) electrons. The van der Waals surface area contributed by atoms with Crippen molar-refractivity contribution in [3.05, 3.63) is 71.3 Å². The number of alkyl carbamates (subject to hydrolysis) is 1. The minimum Gasteiger partial charge on any atom is -0.445 e. The van der Waals surface area contributed by atoms with Crippen molar-refractivity contribution in [2.45, 2.75) is 38.8 Å². The molecule has 0 unspecified atom stereocenters. The van der Waals surface area contributed by atoms with Gasteiger partial charge in [0.25, 0.3) is 0 Å². The van der Waals surface area contributed by atoms with E-state index in [0.29, 0.717) is 6.54 Å². The third-order valence-electron chi connectivity index (χ3n) is 3.77. The number of unbranched alkanes of at least 4 members (excludes halogenated alkanes) is 3. The molecule has 0 aliphatic heterocycles. The Hall–Kier alpha value is -2.77. The summed E-state index contributed by atoms with van der Waals surface area (Å²) in [5, 5.41) is 11.5. The van der Waals surface area contributed by atoms with Crippen LogP contribution in [0.15, 0.2) is 54.6 Å². The second-order valence-electron chi connectivity index (χ2n) is 5.95. The fourth-order valence-corrected chi connectivity index (χ4v) is 2.37. The maximum atomic E-state index is 11.8. The Morgan fingerprint density at radius 2 is 1.81 bits per heavy atom. The van der Waals surface area contributed by atoms with Crippen molar-refractivity contribution >= 4 is 6.09 Å². The summed E-state index contributed by atoms with van der Waals surface area (Å²) in [5.41, 5.74) is 2.87. The molecule has 136 valence electrons. The van der Waals surface area contributed by atoms with Crippen LogP contribution in [0, 0.1) is 11.8 Å². The number of ether oxygens (including phenoxy) is 1. The minimum atomic E-state index is -0.436. The summed E-state index contributed by atoms with van der Waals surface area (Å²) in [6, 6.07) is 17.4. The summed E-state index contributed by atoms with van der Waals surface area (Å²) < 4.78 is 5.20. The third-order valence-corrected chi connectivity index (χ3v) is 3.77. The van der Waals surface area contributed by atoms with E-state index in [0.717, 1.165) is 42.4 Å². The van der Waals surface area contributed by atoms with Crippen LogP contribution in [0.25, 0.3) is 0 Å². The van der Waals surface area contributed by atoms with E-state index in [2.05, 4.69) is 17.2 Å². The summed E-state index contributed by atoms with van der Waals surface area (Å²) >= 11 is 0. The van der Waals surface area contributed by atoms with E-state index in [9.17, 15) is 4.79 Å². The van der Waals surface area contributed by atoms with Gasteiger partial charge in [0.1, 0.15) is 6.61 Å². The molecule has 26 heavy (non-hydrogen) atoms. The van der Waals surface area contributed by atoms with Crippen molar-refractivity contribution in [3.63, 3.8) is 0 Å². The van der Waals surface area contributed by atoms with Gasteiger partial charge in [-0.1, -0.05) is 60.7 Å². The summed E-state index contributed by atoms with van der Waals surface area (Å²) in [6.45, 7) is 0.907. The predicted octanol–water partition coefficient (Wildman–Crippen LogP) is 4.02. The molecule has 4 heteroatoms. The topological polar surface area (TPSA) is 58.6 Å². The fourth-order valence-electron chi connectivity index (χ4n) is 2.37. The van der Waals surface area contributed by atoms with Crippen molar-refractivity contribution in [1.29, 1.82) is 0 Å². The highest BCUT2D eigenvalue weighted by Gasteiger charge is 2.03. The molecule has 0 spiro atoms. The molecule has 0 aliphatic rings. The molecule has 0 saturated heterocycles. The zero-order valence-electron chi connectivity index (χ0n) is 14.9. The molecule has 2 N–H and O–H groups in total. The molecule has 2 aromatic carbocycles. The molecule has 0 fully saturated rings. The van der Waals surface area contributed by atoms with Crippen molar-refractivity contribution in [3.8, 4) is 11.8 Å². The molecule has 1 amide bonds. The Labute approximate surface area is 155 Å². The molecule has 2 rings (SSSR count). The maximum Gasteiger partial charge on any atom is 0.407 e. The molecular formula is C22H25NO3. The van der Waals surface area contributed by atoms with Gasteiger partial charge in [0, 0.05) is 25.1 Å². The van der Waals surface area contributed by atoms with E-state index in [1.807, 2.05) is 54.6 Å². The zero-order valence-corrected chi connectivity index (χ0v) is 14.9. The number of amides is 1. The van der Waals surface area contributed by atoms with E-state index in [1.54, 1.807) is 0 Å². The fraction of sp³-hybridized carbons (Fsp3) is 0.318. The van der Waals surface area contributed by atoms with Gasteiger partial charge in [0.2, 0.25) is 0 Å². The van der Waals surface area contributed by atoms with Gasteiger partial charge in [-0.15, -0.1) is 0 Å². The molecule has 0 bridgehead atoms. The van der Waals surface area contributed by atoms with Crippen LogP contribution in [0.4, 0.5) is 4.79 Å². The number of hydrogen-bond donors (Lipinski definition) is 2. The number of aliphatic hydroxyl groups is 1. The highest BCUT2D eigenvalue weighted by Crippen LogP contribution is 2.05. The van der Waals surface area contributed by atoms with Crippen LogP contribution in [0.5, 0.6) is 0 Å². The van der Waals surface area contributed by atoms with Gasteiger partial charge in [-0.2, -0.15) is 0 Å². The Balaban J connectivity index is 1.73. The lowest BCUT2D eigenvalue weighted by Crippen LogP contribution is -2.23. The standard InChI is InChI=1S/C22H25NO3/c24-15-8-3-1-2-5-10-19-13-9-14-21(16-19)17-23-22(25)26-18-20-11-6-4-7-12-20/h4,6-7,9,11-14,16,24H,1-3,8,15,17-18H2,(H,23,25). The van der Waals surface area contributed by atoms with E-state index in [-0.39, 0.29) is 13.2 Å². The highest BCUT2D eigenvalue weighted by molar-refractivity contribution is 5.67. The Kier molecular flexibility index (Phi) is 8.82. The number of carbonyl (C=O) groups is 1. The Morgan fingerprint density at radius 1 is 1.00 bits per heavy atom.